The van der Waals surface area contributed by atoms with Crippen molar-refractivity contribution in [3.8, 4) is 0 Å². The van der Waals surface area contributed by atoms with E-state index in [2.05, 4.69) is 33.0 Å². The molecule has 3 nitrogen and oxygen atoms in total. The van der Waals surface area contributed by atoms with Crippen LogP contribution in [-0.2, 0) is 0 Å². The zero-order valence-corrected chi connectivity index (χ0v) is 10.9. The largest absolute Gasteiger partial charge is 0.359 e. The van der Waals surface area contributed by atoms with Crippen LogP contribution >= 0.6 is 45.2 Å². The fourth-order valence-corrected chi connectivity index (χ4v) is 1.24. The summed E-state index contributed by atoms with van der Waals surface area (Å²) in [5, 5.41) is 6.29. The van der Waals surface area contributed by atoms with Gasteiger partial charge in [-0.1, -0.05) is 0 Å². The predicted molar refractivity (Wildman–Crippen MR) is 70.0 cm³/mol. The van der Waals surface area contributed by atoms with Gasteiger partial charge in [0.25, 0.3) is 0 Å². The van der Waals surface area contributed by atoms with E-state index in [1.54, 1.807) is 6.20 Å². The Balaban J connectivity index is 2.65. The van der Waals surface area contributed by atoms with Gasteiger partial charge in [-0.05, 0) is 69.4 Å². The molecule has 0 aliphatic rings. The van der Waals surface area contributed by atoms with E-state index in [1.165, 1.54) is 3.57 Å². The van der Waals surface area contributed by atoms with Gasteiger partial charge in [0.15, 0.2) is 0 Å². The van der Waals surface area contributed by atoms with Gasteiger partial charge in [0.05, 0.1) is 0 Å². The van der Waals surface area contributed by atoms with E-state index in [-0.39, 0.29) is 0 Å². The number of rotatable bonds is 3. The summed E-state index contributed by atoms with van der Waals surface area (Å²) in [7, 11) is 0. The quantitative estimate of drug-likeness (QED) is 0.451. The highest BCUT2D eigenvalue weighted by Crippen LogP contribution is 2.13. The molecule has 0 spiro atoms. The van der Waals surface area contributed by atoms with Gasteiger partial charge in [0.1, 0.15) is 3.70 Å². The third-order valence-corrected chi connectivity index (χ3v) is 2.58. The smallest absolute Gasteiger partial charge is 0.139 e. The van der Waals surface area contributed by atoms with Crippen molar-refractivity contribution in [1.82, 2.24) is 0 Å². The third-order valence-electron chi connectivity index (χ3n) is 1.31. The van der Waals surface area contributed by atoms with Crippen LogP contribution in [0.25, 0.3) is 0 Å². The van der Waals surface area contributed by atoms with E-state index >= 15 is 0 Å². The van der Waals surface area contributed by atoms with Crippen LogP contribution in [0, 0.1) is 9.10 Å². The first-order chi connectivity index (χ1) is 6.22. The van der Waals surface area contributed by atoms with Crippen LogP contribution in [-0.4, -0.2) is 0 Å². The molecule has 0 atom stereocenters. The zero-order chi connectivity index (χ0) is 9.68. The maximum absolute atomic E-state index is 6.72. The Labute approximate surface area is 104 Å². The van der Waals surface area contributed by atoms with Gasteiger partial charge in [-0.2, -0.15) is 5.11 Å². The number of halogens is 2. The molecule has 0 heterocycles. The Bertz CT molecular complexity index is 319. The van der Waals surface area contributed by atoms with E-state index in [4.69, 9.17) is 5.53 Å². The molecule has 0 unspecified atom stereocenters. The highest BCUT2D eigenvalue weighted by Gasteiger charge is 1.89. The Kier molecular flexibility index (Phi) is 4.64. The fourth-order valence-electron chi connectivity index (χ4n) is 0.721. The van der Waals surface area contributed by atoms with Crippen molar-refractivity contribution >= 4 is 50.9 Å². The van der Waals surface area contributed by atoms with Gasteiger partial charge in [0, 0.05) is 15.5 Å². The van der Waals surface area contributed by atoms with Crippen molar-refractivity contribution in [2.75, 3.05) is 5.32 Å². The minimum absolute atomic E-state index is 0.621. The summed E-state index contributed by atoms with van der Waals surface area (Å²) in [5.41, 5.74) is 7.71. The summed E-state index contributed by atoms with van der Waals surface area (Å²) in [6.45, 7) is 0. The average molecular weight is 399 g/mol. The molecule has 2 N–H and O–H groups in total. The summed E-state index contributed by atoms with van der Waals surface area (Å²) in [5.74, 6) is 0. The van der Waals surface area contributed by atoms with Crippen LogP contribution in [0.5, 0.6) is 0 Å². The standard InChI is InChI=1S/C8H7I2N3/c9-6-1-3-7(4-2-6)12-5-8(10)13-11/h1-5,11-12H/b8-5-,13-11?. The number of hydrogen-bond acceptors (Lipinski definition) is 3. The molecule has 0 aliphatic carbocycles. The summed E-state index contributed by atoms with van der Waals surface area (Å²) < 4.78 is 1.82. The van der Waals surface area contributed by atoms with Gasteiger partial charge in [-0.3, -0.25) is 0 Å². The zero-order valence-electron chi connectivity index (χ0n) is 6.59. The van der Waals surface area contributed by atoms with Gasteiger partial charge in [0.2, 0.25) is 0 Å². The molecule has 0 bridgehead atoms. The highest BCUT2D eigenvalue weighted by molar-refractivity contribution is 14.1. The molecule has 1 rings (SSSR count). The Hall–Kier alpha value is -0.180. The lowest BCUT2D eigenvalue weighted by Crippen LogP contribution is -1.87. The lowest BCUT2D eigenvalue weighted by molar-refractivity contribution is 1.13. The molecule has 0 amide bonds. The molecule has 0 aromatic heterocycles. The first-order valence-electron chi connectivity index (χ1n) is 3.47. The molecule has 0 aliphatic heterocycles. The summed E-state index contributed by atoms with van der Waals surface area (Å²) >= 11 is 4.23. The second-order valence-electron chi connectivity index (χ2n) is 2.23. The van der Waals surface area contributed by atoms with Crippen LogP contribution in [0.1, 0.15) is 0 Å². The lowest BCUT2D eigenvalue weighted by Gasteiger charge is -1.99. The minimum Gasteiger partial charge on any atom is -0.359 e. The van der Waals surface area contributed by atoms with E-state index < -0.39 is 0 Å². The van der Waals surface area contributed by atoms with Gasteiger partial charge in [-0.25, -0.2) is 5.53 Å². The van der Waals surface area contributed by atoms with Crippen molar-refractivity contribution in [1.29, 1.82) is 5.53 Å². The fraction of sp³-hybridized carbons (Fsp3) is 0. The summed E-state index contributed by atoms with van der Waals surface area (Å²) in [4.78, 5) is 0. The van der Waals surface area contributed by atoms with Gasteiger partial charge < -0.3 is 5.32 Å². The summed E-state index contributed by atoms with van der Waals surface area (Å²) in [6.07, 6.45) is 1.69. The monoisotopic (exact) mass is 399 g/mol. The van der Waals surface area contributed by atoms with Crippen LogP contribution in [0.2, 0.25) is 0 Å². The maximum Gasteiger partial charge on any atom is 0.139 e. The molecule has 0 fully saturated rings. The first kappa shape index (κ1) is 10.9. The summed E-state index contributed by atoms with van der Waals surface area (Å²) in [6, 6.07) is 7.99. The van der Waals surface area contributed by atoms with Gasteiger partial charge in [-0.15, -0.1) is 0 Å². The highest BCUT2D eigenvalue weighted by atomic mass is 127. The second kappa shape index (κ2) is 5.53. The van der Waals surface area contributed by atoms with E-state index in [0.717, 1.165) is 5.69 Å². The topological polar surface area (TPSA) is 48.2 Å². The average Bonchev–Trinajstić information content (AvgIpc) is 2.16. The van der Waals surface area contributed by atoms with Crippen molar-refractivity contribution in [2.24, 2.45) is 5.11 Å². The van der Waals surface area contributed by atoms with Crippen molar-refractivity contribution in [3.63, 3.8) is 0 Å². The normalized spacial score (nSPS) is 11.1. The predicted octanol–water partition coefficient (Wildman–Crippen LogP) is 3.97. The number of nitrogens with one attached hydrogen (secondary N) is 2. The minimum atomic E-state index is 0.621. The molecule has 0 saturated carbocycles. The molecular weight excluding hydrogens is 392 g/mol. The second-order valence-corrected chi connectivity index (χ2v) is 4.58. The van der Waals surface area contributed by atoms with E-state index in [1.807, 2.05) is 46.9 Å². The van der Waals surface area contributed by atoms with Crippen molar-refractivity contribution in [3.05, 3.63) is 37.7 Å². The van der Waals surface area contributed by atoms with Crippen molar-refractivity contribution < 1.29 is 0 Å². The van der Waals surface area contributed by atoms with E-state index in [9.17, 15) is 0 Å². The van der Waals surface area contributed by atoms with Crippen LogP contribution in [0.3, 0.4) is 0 Å². The Morgan fingerprint density at radius 3 is 2.54 bits per heavy atom. The number of benzene rings is 1. The number of nitrogens with zero attached hydrogens (tertiary/aromatic N) is 1. The van der Waals surface area contributed by atoms with Crippen LogP contribution in [0.4, 0.5) is 5.69 Å². The molecule has 1 aromatic rings. The molecule has 68 valence electrons. The third kappa shape index (κ3) is 4.03. The van der Waals surface area contributed by atoms with Crippen LogP contribution < -0.4 is 5.32 Å². The molecule has 13 heavy (non-hydrogen) atoms. The van der Waals surface area contributed by atoms with Gasteiger partial charge >= 0.3 is 0 Å². The molecular formula is C8H7I2N3. The Morgan fingerprint density at radius 2 is 2.00 bits per heavy atom. The van der Waals surface area contributed by atoms with Crippen LogP contribution in [0.15, 0.2) is 39.3 Å². The maximum atomic E-state index is 6.72. The molecule has 5 heteroatoms. The van der Waals surface area contributed by atoms with Crippen molar-refractivity contribution in [2.45, 2.75) is 0 Å². The molecule has 0 saturated heterocycles. The molecule has 0 radical (unpaired) electrons. The lowest BCUT2D eigenvalue weighted by atomic mass is 10.3. The number of anilines is 1. The first-order valence-corrected chi connectivity index (χ1v) is 5.63. The SMILES string of the molecule is N=N/C(I)=C\Nc1ccc(I)cc1. The van der Waals surface area contributed by atoms with E-state index in [0.29, 0.717) is 3.70 Å². The number of hydrogen-bond donors (Lipinski definition) is 2. The Morgan fingerprint density at radius 1 is 1.38 bits per heavy atom. The molecule has 1 aromatic carbocycles.